The molecule has 3 amide bonds. The van der Waals surface area contributed by atoms with Gasteiger partial charge in [-0.1, -0.05) is 13.8 Å². The maximum absolute atomic E-state index is 13.1. The summed E-state index contributed by atoms with van der Waals surface area (Å²) in [6, 6.07) is -1.50. The van der Waals surface area contributed by atoms with E-state index in [0.29, 0.717) is 45.2 Å². The molecule has 3 unspecified atom stereocenters. The van der Waals surface area contributed by atoms with E-state index in [0.717, 1.165) is 0 Å². The van der Waals surface area contributed by atoms with Crippen LogP contribution in [0.5, 0.6) is 0 Å². The monoisotopic (exact) mass is 413 g/mol. The van der Waals surface area contributed by atoms with Gasteiger partial charge in [0.05, 0.1) is 7.11 Å². The average molecular weight is 414 g/mol. The summed E-state index contributed by atoms with van der Waals surface area (Å²) >= 11 is 0. The Bertz CT molecular complexity index is 585. The highest BCUT2D eigenvalue weighted by Gasteiger charge is 2.45. The number of amides is 3. The SMILES string of the molecule is COC(=O)C1(N)CCN(C(=O)C(CCCCN)NC(=O)C(CC(C)C)NC=O)C1. The fourth-order valence-corrected chi connectivity index (χ4v) is 3.44. The van der Waals surface area contributed by atoms with Crippen molar-refractivity contribution in [2.75, 3.05) is 26.7 Å². The van der Waals surface area contributed by atoms with Gasteiger partial charge in [-0.2, -0.15) is 0 Å². The van der Waals surface area contributed by atoms with Crippen LogP contribution in [0.3, 0.4) is 0 Å². The first-order valence-electron chi connectivity index (χ1n) is 10.0. The molecule has 0 radical (unpaired) electrons. The maximum atomic E-state index is 13.1. The van der Waals surface area contributed by atoms with Gasteiger partial charge in [-0.05, 0) is 44.6 Å². The number of methoxy groups -OCH3 is 1. The number of nitrogens with two attached hydrogens (primary N) is 2. The molecule has 10 nitrogen and oxygen atoms in total. The predicted octanol–water partition coefficient (Wildman–Crippen LogP) is -1.14. The molecule has 0 aromatic rings. The number of nitrogens with one attached hydrogen (secondary N) is 2. The second-order valence-electron chi connectivity index (χ2n) is 7.97. The van der Waals surface area contributed by atoms with E-state index >= 15 is 0 Å². The Morgan fingerprint density at radius 2 is 1.93 bits per heavy atom. The van der Waals surface area contributed by atoms with Gasteiger partial charge in [0.15, 0.2) is 0 Å². The molecule has 10 heteroatoms. The van der Waals surface area contributed by atoms with Crippen LogP contribution >= 0.6 is 0 Å². The van der Waals surface area contributed by atoms with E-state index in [1.165, 1.54) is 12.0 Å². The number of nitrogens with zero attached hydrogens (tertiary/aromatic N) is 1. The fourth-order valence-electron chi connectivity index (χ4n) is 3.44. The van der Waals surface area contributed by atoms with Crippen LogP contribution in [-0.2, 0) is 23.9 Å². The highest BCUT2D eigenvalue weighted by atomic mass is 16.5. The van der Waals surface area contributed by atoms with E-state index in [-0.39, 0.29) is 24.8 Å². The summed E-state index contributed by atoms with van der Waals surface area (Å²) in [7, 11) is 1.26. The van der Waals surface area contributed by atoms with Gasteiger partial charge in [0.1, 0.15) is 17.6 Å². The van der Waals surface area contributed by atoms with Crippen LogP contribution in [0.15, 0.2) is 0 Å². The number of rotatable bonds is 12. The molecule has 1 aliphatic rings. The molecule has 1 aliphatic heterocycles. The molecule has 0 aliphatic carbocycles. The molecule has 1 rings (SSSR count). The number of ether oxygens (including phenoxy) is 1. The summed E-state index contributed by atoms with van der Waals surface area (Å²) < 4.78 is 4.74. The maximum Gasteiger partial charge on any atom is 0.327 e. The van der Waals surface area contributed by atoms with Crippen molar-refractivity contribution < 1.29 is 23.9 Å². The second kappa shape index (κ2) is 11.7. The molecule has 0 saturated carbocycles. The summed E-state index contributed by atoms with van der Waals surface area (Å²) in [6.07, 6.45) is 3.00. The lowest BCUT2D eigenvalue weighted by molar-refractivity contribution is -0.147. The summed E-state index contributed by atoms with van der Waals surface area (Å²) in [5.74, 6) is -1.10. The Hall–Kier alpha value is -2.20. The summed E-state index contributed by atoms with van der Waals surface area (Å²) in [5, 5.41) is 5.28. The Morgan fingerprint density at radius 1 is 1.24 bits per heavy atom. The second-order valence-corrected chi connectivity index (χ2v) is 7.97. The van der Waals surface area contributed by atoms with E-state index in [4.69, 9.17) is 16.2 Å². The first kappa shape index (κ1) is 24.8. The number of hydrogen-bond donors (Lipinski definition) is 4. The molecule has 0 spiro atoms. The standard InChI is InChI=1S/C19H35N5O5/c1-13(2)10-15(22-12-25)16(26)23-14(6-4-5-8-20)17(27)24-9-7-19(21,11-24)18(28)29-3/h12-15H,4-11,20-21H2,1-3H3,(H,22,25)(H,23,26). The van der Waals surface area contributed by atoms with E-state index < -0.39 is 29.5 Å². The molecular weight excluding hydrogens is 378 g/mol. The van der Waals surface area contributed by atoms with Crippen LogP contribution in [0.2, 0.25) is 0 Å². The van der Waals surface area contributed by atoms with Gasteiger partial charge >= 0.3 is 5.97 Å². The first-order chi connectivity index (χ1) is 13.7. The smallest absolute Gasteiger partial charge is 0.327 e. The molecule has 1 fully saturated rings. The lowest BCUT2D eigenvalue weighted by atomic mass is 10.0. The number of likely N-dealkylation sites (tertiary alicyclic amines) is 1. The highest BCUT2D eigenvalue weighted by molar-refractivity contribution is 5.91. The normalized spacial score (nSPS) is 20.8. The third-order valence-electron chi connectivity index (χ3n) is 5.06. The topological polar surface area (TPSA) is 157 Å². The predicted molar refractivity (Wildman–Crippen MR) is 107 cm³/mol. The van der Waals surface area contributed by atoms with Crippen molar-refractivity contribution in [2.45, 2.75) is 63.6 Å². The van der Waals surface area contributed by atoms with Crippen molar-refractivity contribution in [3.8, 4) is 0 Å². The number of hydrogen-bond acceptors (Lipinski definition) is 7. The van der Waals surface area contributed by atoms with Gasteiger partial charge in [-0.15, -0.1) is 0 Å². The summed E-state index contributed by atoms with van der Waals surface area (Å²) in [5.41, 5.74) is 10.4. The minimum Gasteiger partial charge on any atom is -0.468 e. The Labute approximate surface area is 172 Å². The number of esters is 1. The van der Waals surface area contributed by atoms with E-state index in [1.54, 1.807) is 0 Å². The lowest BCUT2D eigenvalue weighted by Gasteiger charge is -2.27. The van der Waals surface area contributed by atoms with Gasteiger partial charge in [0.25, 0.3) is 0 Å². The average Bonchev–Trinajstić information content (AvgIpc) is 3.08. The van der Waals surface area contributed by atoms with Crippen LogP contribution in [0.4, 0.5) is 0 Å². The fraction of sp³-hybridized carbons (Fsp3) is 0.789. The van der Waals surface area contributed by atoms with Crippen molar-refractivity contribution in [3.05, 3.63) is 0 Å². The number of unbranched alkanes of at least 4 members (excludes halogenated alkanes) is 1. The van der Waals surface area contributed by atoms with Crippen LogP contribution in [-0.4, -0.2) is 73.5 Å². The molecule has 1 saturated heterocycles. The van der Waals surface area contributed by atoms with Crippen molar-refractivity contribution in [2.24, 2.45) is 17.4 Å². The van der Waals surface area contributed by atoms with Crippen LogP contribution < -0.4 is 22.1 Å². The van der Waals surface area contributed by atoms with Crippen LogP contribution in [0.25, 0.3) is 0 Å². The molecule has 1 heterocycles. The van der Waals surface area contributed by atoms with Gasteiger partial charge in [0.2, 0.25) is 18.2 Å². The van der Waals surface area contributed by atoms with Crippen molar-refractivity contribution >= 4 is 24.2 Å². The zero-order valence-electron chi connectivity index (χ0n) is 17.6. The lowest BCUT2D eigenvalue weighted by Crippen LogP contribution is -2.55. The minimum atomic E-state index is -1.24. The zero-order chi connectivity index (χ0) is 22.0. The molecule has 0 aromatic heterocycles. The Balaban J connectivity index is 2.88. The molecule has 6 N–H and O–H groups in total. The summed E-state index contributed by atoms with van der Waals surface area (Å²) in [6.45, 7) is 4.69. The number of carbonyl (C=O) groups excluding carboxylic acids is 4. The first-order valence-corrected chi connectivity index (χ1v) is 10.0. The van der Waals surface area contributed by atoms with E-state index in [1.807, 2.05) is 13.8 Å². The van der Waals surface area contributed by atoms with Gasteiger partial charge in [-0.3, -0.25) is 14.4 Å². The van der Waals surface area contributed by atoms with E-state index in [2.05, 4.69) is 10.6 Å². The quantitative estimate of drug-likeness (QED) is 0.179. The van der Waals surface area contributed by atoms with Crippen molar-refractivity contribution in [1.82, 2.24) is 15.5 Å². The Kier molecular flexibility index (Phi) is 10.0. The highest BCUT2D eigenvalue weighted by Crippen LogP contribution is 2.22. The van der Waals surface area contributed by atoms with Crippen molar-refractivity contribution in [1.29, 1.82) is 0 Å². The molecule has 3 atom stereocenters. The molecule has 0 bridgehead atoms. The van der Waals surface area contributed by atoms with Crippen molar-refractivity contribution in [3.63, 3.8) is 0 Å². The molecule has 166 valence electrons. The zero-order valence-corrected chi connectivity index (χ0v) is 17.6. The minimum absolute atomic E-state index is 0.0315. The van der Waals surface area contributed by atoms with Gasteiger partial charge in [0, 0.05) is 13.1 Å². The molecular formula is C19H35N5O5. The van der Waals surface area contributed by atoms with Crippen LogP contribution in [0, 0.1) is 5.92 Å². The van der Waals surface area contributed by atoms with E-state index in [9.17, 15) is 19.2 Å². The number of carbonyl (C=O) groups is 4. The largest absolute Gasteiger partial charge is 0.468 e. The molecule has 0 aromatic carbocycles. The third-order valence-corrected chi connectivity index (χ3v) is 5.06. The molecule has 29 heavy (non-hydrogen) atoms. The third kappa shape index (κ3) is 7.28. The summed E-state index contributed by atoms with van der Waals surface area (Å²) in [4.78, 5) is 50.0. The van der Waals surface area contributed by atoms with Gasteiger partial charge < -0.3 is 31.7 Å². The Morgan fingerprint density at radius 3 is 2.48 bits per heavy atom. The van der Waals surface area contributed by atoms with Gasteiger partial charge in [-0.25, -0.2) is 4.79 Å². The van der Waals surface area contributed by atoms with Crippen LogP contribution in [0.1, 0.15) is 46.0 Å².